The third-order valence-corrected chi connectivity index (χ3v) is 3.08. The van der Waals surface area contributed by atoms with Gasteiger partial charge >= 0.3 is 0 Å². The van der Waals surface area contributed by atoms with Crippen molar-refractivity contribution in [2.75, 3.05) is 13.7 Å². The van der Waals surface area contributed by atoms with Crippen LogP contribution in [0.5, 0.6) is 5.75 Å². The summed E-state index contributed by atoms with van der Waals surface area (Å²) < 4.78 is 32.3. The predicted molar refractivity (Wildman–Crippen MR) is 57.1 cm³/mol. The predicted octanol–water partition coefficient (Wildman–Crippen LogP) is 2.70. The molecule has 0 amide bonds. The minimum absolute atomic E-state index is 0.0484. The Morgan fingerprint density at radius 1 is 1.56 bits per heavy atom. The summed E-state index contributed by atoms with van der Waals surface area (Å²) in [5, 5.41) is 0. The lowest BCUT2D eigenvalue weighted by Crippen LogP contribution is -2.27. The number of fused-ring (bicyclic) bond motifs is 1. The first-order chi connectivity index (χ1) is 7.65. The second-order valence-corrected chi connectivity index (χ2v) is 4.26. The van der Waals surface area contributed by atoms with Crippen LogP contribution in [0.15, 0.2) is 10.5 Å². The molecule has 0 bridgehead atoms. The second-order valence-electron chi connectivity index (χ2n) is 3.41. The number of nitrogens with one attached hydrogen (secondary N) is 1. The summed E-state index contributed by atoms with van der Waals surface area (Å²) in [5.74, 6) is -1.93. The Kier molecular flexibility index (Phi) is 3.41. The summed E-state index contributed by atoms with van der Waals surface area (Å²) in [6, 6.07) is 0.880. The van der Waals surface area contributed by atoms with Crippen molar-refractivity contribution < 1.29 is 18.4 Å². The Bertz CT molecular complexity index is 414. The van der Waals surface area contributed by atoms with E-state index in [0.29, 0.717) is 23.1 Å². The first kappa shape index (κ1) is 11.8. The summed E-state index contributed by atoms with van der Waals surface area (Å²) in [7, 11) is 1.48. The van der Waals surface area contributed by atoms with Crippen molar-refractivity contribution in [2.24, 2.45) is 0 Å². The quantitative estimate of drug-likeness (QED) is 0.672. The van der Waals surface area contributed by atoms with Gasteiger partial charge in [-0.1, -0.05) is 15.9 Å². The van der Waals surface area contributed by atoms with E-state index < -0.39 is 11.6 Å². The minimum atomic E-state index is -0.958. The fourth-order valence-electron chi connectivity index (χ4n) is 1.74. The molecular formula is C10H10BrF2NO2. The molecule has 6 heteroatoms. The van der Waals surface area contributed by atoms with Gasteiger partial charge in [-0.3, -0.25) is 0 Å². The number of hydrogen-bond acceptors (Lipinski definition) is 3. The Balaban J connectivity index is 2.51. The van der Waals surface area contributed by atoms with Crippen LogP contribution in [-0.4, -0.2) is 13.7 Å². The smallest absolute Gasteiger partial charge is 0.201 e. The van der Waals surface area contributed by atoms with Crippen molar-refractivity contribution in [3.8, 4) is 5.75 Å². The lowest BCUT2D eigenvalue weighted by molar-refractivity contribution is 0.0451. The molecule has 0 aromatic heterocycles. The summed E-state index contributed by atoms with van der Waals surface area (Å²) in [6.07, 6.45) is 0.629. The van der Waals surface area contributed by atoms with Crippen LogP contribution in [0.3, 0.4) is 0 Å². The van der Waals surface area contributed by atoms with Gasteiger partial charge in [0.15, 0.2) is 11.6 Å². The van der Waals surface area contributed by atoms with E-state index in [1.165, 1.54) is 7.11 Å². The summed E-state index contributed by atoms with van der Waals surface area (Å²) >= 11 is 3.20. The van der Waals surface area contributed by atoms with Crippen LogP contribution in [0.2, 0.25) is 0 Å². The zero-order valence-corrected chi connectivity index (χ0v) is 10.1. The number of hydrogen-bond donors (Lipinski definition) is 1. The van der Waals surface area contributed by atoms with E-state index in [9.17, 15) is 8.78 Å². The van der Waals surface area contributed by atoms with Gasteiger partial charge in [0.05, 0.1) is 19.8 Å². The van der Waals surface area contributed by atoms with E-state index in [1.54, 1.807) is 0 Å². The van der Waals surface area contributed by atoms with Gasteiger partial charge in [-0.05, 0) is 6.07 Å². The van der Waals surface area contributed by atoms with Gasteiger partial charge in [-0.15, -0.1) is 0 Å². The molecule has 88 valence electrons. The van der Waals surface area contributed by atoms with E-state index >= 15 is 0 Å². The molecule has 0 radical (unpaired) electrons. The standard InChI is InChI=1S/C10H10BrF2NO2/c1-15-14-7-2-3-16-10-8(7)5(11)4-6(12)9(10)13/h4,7,14H,2-3H2,1H3. The molecule has 0 saturated carbocycles. The fourth-order valence-corrected chi connectivity index (χ4v) is 2.39. The zero-order valence-electron chi connectivity index (χ0n) is 8.52. The largest absolute Gasteiger partial charge is 0.490 e. The van der Waals surface area contributed by atoms with Gasteiger partial charge in [0.2, 0.25) is 5.82 Å². The van der Waals surface area contributed by atoms with Crippen LogP contribution in [0.25, 0.3) is 0 Å². The maximum Gasteiger partial charge on any atom is 0.201 e. The molecule has 1 aliphatic heterocycles. The molecule has 0 aliphatic carbocycles. The van der Waals surface area contributed by atoms with Crippen molar-refractivity contribution in [1.29, 1.82) is 0 Å². The molecule has 0 saturated heterocycles. The lowest BCUT2D eigenvalue weighted by atomic mass is 10.0. The molecule has 1 aliphatic rings. The molecule has 0 spiro atoms. The van der Waals surface area contributed by atoms with Gasteiger partial charge in [0, 0.05) is 16.5 Å². The van der Waals surface area contributed by atoms with Crippen LogP contribution in [0.4, 0.5) is 8.78 Å². The molecule has 16 heavy (non-hydrogen) atoms. The molecule has 1 N–H and O–H groups in total. The number of hydroxylamine groups is 1. The van der Waals surface area contributed by atoms with E-state index in [4.69, 9.17) is 9.57 Å². The first-order valence-electron chi connectivity index (χ1n) is 4.74. The fraction of sp³-hybridized carbons (Fsp3) is 0.400. The number of ether oxygens (including phenoxy) is 1. The van der Waals surface area contributed by atoms with Crippen molar-refractivity contribution in [3.63, 3.8) is 0 Å². The molecule has 1 unspecified atom stereocenters. The molecule has 1 heterocycles. The van der Waals surface area contributed by atoms with E-state index in [2.05, 4.69) is 21.4 Å². The molecule has 1 aromatic rings. The Morgan fingerprint density at radius 2 is 2.31 bits per heavy atom. The topological polar surface area (TPSA) is 30.5 Å². The van der Waals surface area contributed by atoms with Crippen LogP contribution < -0.4 is 10.2 Å². The highest BCUT2D eigenvalue weighted by Gasteiger charge is 2.28. The highest BCUT2D eigenvalue weighted by molar-refractivity contribution is 9.10. The molecule has 0 fully saturated rings. The highest BCUT2D eigenvalue weighted by Crippen LogP contribution is 2.40. The first-order valence-corrected chi connectivity index (χ1v) is 5.53. The maximum atomic E-state index is 13.5. The normalized spacial score (nSPS) is 19.1. The third-order valence-electron chi connectivity index (χ3n) is 2.43. The molecule has 1 atom stereocenters. The summed E-state index contributed by atoms with van der Waals surface area (Å²) in [5.41, 5.74) is 3.28. The van der Waals surface area contributed by atoms with Crippen LogP contribution in [0.1, 0.15) is 18.0 Å². The highest BCUT2D eigenvalue weighted by atomic mass is 79.9. The lowest BCUT2D eigenvalue weighted by Gasteiger charge is -2.27. The Morgan fingerprint density at radius 3 is 3.00 bits per heavy atom. The van der Waals surface area contributed by atoms with Crippen LogP contribution >= 0.6 is 15.9 Å². The average molecular weight is 294 g/mol. The van der Waals surface area contributed by atoms with Crippen molar-refractivity contribution in [1.82, 2.24) is 5.48 Å². The third kappa shape index (κ3) is 1.92. The van der Waals surface area contributed by atoms with Crippen LogP contribution in [-0.2, 0) is 4.84 Å². The number of rotatable bonds is 2. The van der Waals surface area contributed by atoms with Crippen molar-refractivity contribution in [3.05, 3.63) is 27.7 Å². The molecule has 1 aromatic carbocycles. The van der Waals surface area contributed by atoms with E-state index in [1.807, 2.05) is 0 Å². The maximum absolute atomic E-state index is 13.5. The summed E-state index contributed by atoms with van der Waals surface area (Å²) in [4.78, 5) is 4.82. The van der Waals surface area contributed by atoms with Crippen molar-refractivity contribution in [2.45, 2.75) is 12.5 Å². The number of benzene rings is 1. The minimum Gasteiger partial charge on any atom is -0.490 e. The van der Waals surface area contributed by atoms with Gasteiger partial charge < -0.3 is 9.57 Å². The zero-order chi connectivity index (χ0) is 11.7. The Hall–Kier alpha value is -0.720. The molecule has 2 rings (SSSR count). The Labute approximate surface area is 99.8 Å². The van der Waals surface area contributed by atoms with E-state index in [-0.39, 0.29) is 11.8 Å². The molecule has 3 nitrogen and oxygen atoms in total. The SMILES string of the molecule is CONC1CCOc2c(F)c(F)cc(Br)c21. The van der Waals surface area contributed by atoms with E-state index in [0.717, 1.165) is 6.07 Å². The van der Waals surface area contributed by atoms with Gasteiger partial charge in [-0.2, -0.15) is 9.87 Å². The van der Waals surface area contributed by atoms with Gasteiger partial charge in [-0.25, -0.2) is 4.39 Å². The van der Waals surface area contributed by atoms with Gasteiger partial charge in [0.25, 0.3) is 0 Å². The summed E-state index contributed by atoms with van der Waals surface area (Å²) in [6.45, 7) is 0.320. The number of halogens is 3. The van der Waals surface area contributed by atoms with Crippen LogP contribution in [0, 0.1) is 11.6 Å². The average Bonchev–Trinajstić information content (AvgIpc) is 2.26. The van der Waals surface area contributed by atoms with Crippen molar-refractivity contribution >= 4 is 15.9 Å². The monoisotopic (exact) mass is 293 g/mol. The second kappa shape index (κ2) is 4.65. The van der Waals surface area contributed by atoms with Gasteiger partial charge in [0.1, 0.15) is 0 Å². The molecular weight excluding hydrogens is 284 g/mol.